The molecular weight excluding hydrogens is 185 g/mol. The highest BCUT2D eigenvalue weighted by atomic mass is 19.1. The van der Waals surface area contributed by atoms with Gasteiger partial charge in [0.25, 0.3) is 0 Å². The van der Waals surface area contributed by atoms with Crippen LogP contribution in [-0.4, -0.2) is 25.2 Å². The minimum atomic E-state index is -0.956. The zero-order valence-corrected chi connectivity index (χ0v) is 8.12. The summed E-state index contributed by atoms with van der Waals surface area (Å²) in [5.74, 6) is -1.35. The Morgan fingerprint density at radius 3 is 2.57 bits per heavy atom. The number of halogens is 1. The first-order valence-electron chi connectivity index (χ1n) is 4.18. The van der Waals surface area contributed by atoms with Gasteiger partial charge in [-0.15, -0.1) is 0 Å². The van der Waals surface area contributed by atoms with E-state index in [2.05, 4.69) is 0 Å². The van der Waals surface area contributed by atoms with Crippen LogP contribution in [0, 0.1) is 5.82 Å². The van der Waals surface area contributed by atoms with Gasteiger partial charge in [0, 0.05) is 14.1 Å². The molecule has 0 bridgehead atoms. The van der Waals surface area contributed by atoms with Crippen LogP contribution in [0.4, 0.5) is 10.1 Å². The lowest BCUT2D eigenvalue weighted by Crippen LogP contribution is -2.11. The standard InChI is InChI=1S/C10H12FNO2/c1-12(2)9-4-3-7(5-8(9)11)6-10(13)14/h3-5H,6H2,1-2H3,(H,13,14). The maximum absolute atomic E-state index is 13.3. The van der Waals surface area contributed by atoms with Crippen molar-refractivity contribution in [3.8, 4) is 0 Å². The van der Waals surface area contributed by atoms with Gasteiger partial charge in [-0.05, 0) is 17.7 Å². The number of anilines is 1. The third kappa shape index (κ3) is 2.45. The van der Waals surface area contributed by atoms with Crippen LogP contribution in [0.15, 0.2) is 18.2 Å². The predicted molar refractivity (Wildman–Crippen MR) is 52.1 cm³/mol. The first-order chi connectivity index (χ1) is 6.50. The van der Waals surface area contributed by atoms with Crippen LogP contribution in [-0.2, 0) is 11.2 Å². The summed E-state index contributed by atoms with van der Waals surface area (Å²) in [7, 11) is 3.46. The topological polar surface area (TPSA) is 40.5 Å². The highest BCUT2D eigenvalue weighted by molar-refractivity contribution is 5.70. The number of aliphatic carboxylic acids is 1. The quantitative estimate of drug-likeness (QED) is 0.798. The zero-order chi connectivity index (χ0) is 10.7. The summed E-state index contributed by atoms with van der Waals surface area (Å²) in [5.41, 5.74) is 0.930. The molecule has 0 saturated carbocycles. The molecule has 0 amide bonds. The second-order valence-electron chi connectivity index (χ2n) is 3.25. The van der Waals surface area contributed by atoms with Crippen molar-refractivity contribution in [3.63, 3.8) is 0 Å². The van der Waals surface area contributed by atoms with E-state index in [-0.39, 0.29) is 6.42 Å². The van der Waals surface area contributed by atoms with Crippen LogP contribution in [0.5, 0.6) is 0 Å². The van der Waals surface area contributed by atoms with Crippen LogP contribution in [0.3, 0.4) is 0 Å². The largest absolute Gasteiger partial charge is 0.481 e. The van der Waals surface area contributed by atoms with Crippen LogP contribution < -0.4 is 4.90 Å². The number of rotatable bonds is 3. The van der Waals surface area contributed by atoms with Crippen LogP contribution in [0.1, 0.15) is 5.56 Å². The van der Waals surface area contributed by atoms with E-state index >= 15 is 0 Å². The van der Waals surface area contributed by atoms with Crippen molar-refractivity contribution in [1.82, 2.24) is 0 Å². The molecule has 0 aliphatic carbocycles. The number of nitrogens with zero attached hydrogens (tertiary/aromatic N) is 1. The number of benzene rings is 1. The Balaban J connectivity index is 2.94. The highest BCUT2D eigenvalue weighted by Crippen LogP contribution is 2.18. The molecule has 0 heterocycles. The van der Waals surface area contributed by atoms with Gasteiger partial charge in [-0.1, -0.05) is 6.07 Å². The van der Waals surface area contributed by atoms with Gasteiger partial charge in [0.05, 0.1) is 12.1 Å². The predicted octanol–water partition coefficient (Wildman–Crippen LogP) is 1.52. The zero-order valence-electron chi connectivity index (χ0n) is 8.12. The summed E-state index contributed by atoms with van der Waals surface area (Å²) in [4.78, 5) is 12.0. The lowest BCUT2D eigenvalue weighted by molar-refractivity contribution is -0.136. The Kier molecular flexibility index (Phi) is 3.06. The summed E-state index contributed by atoms with van der Waals surface area (Å²) >= 11 is 0. The monoisotopic (exact) mass is 197 g/mol. The fourth-order valence-electron chi connectivity index (χ4n) is 1.20. The van der Waals surface area contributed by atoms with Gasteiger partial charge in [0.1, 0.15) is 5.82 Å². The first kappa shape index (κ1) is 10.5. The number of hydrogen-bond acceptors (Lipinski definition) is 2. The first-order valence-corrected chi connectivity index (χ1v) is 4.18. The molecule has 0 atom stereocenters. The molecule has 0 saturated heterocycles. The fourth-order valence-corrected chi connectivity index (χ4v) is 1.20. The molecule has 0 aliphatic heterocycles. The van der Waals surface area contributed by atoms with Crippen LogP contribution in [0.25, 0.3) is 0 Å². The fraction of sp³-hybridized carbons (Fsp3) is 0.300. The third-order valence-electron chi connectivity index (χ3n) is 1.85. The van der Waals surface area contributed by atoms with Crippen LogP contribution >= 0.6 is 0 Å². The summed E-state index contributed by atoms with van der Waals surface area (Å²) in [6.45, 7) is 0. The summed E-state index contributed by atoms with van der Waals surface area (Å²) in [6.07, 6.45) is -0.148. The van der Waals surface area contributed by atoms with Gasteiger partial charge in [-0.2, -0.15) is 0 Å². The van der Waals surface area contributed by atoms with Crippen molar-refractivity contribution in [3.05, 3.63) is 29.6 Å². The lowest BCUT2D eigenvalue weighted by atomic mass is 10.1. The number of carbonyl (C=O) groups is 1. The van der Waals surface area contributed by atoms with E-state index in [1.807, 2.05) is 0 Å². The van der Waals surface area contributed by atoms with Gasteiger partial charge in [-0.25, -0.2) is 4.39 Å². The summed E-state index contributed by atoms with van der Waals surface area (Å²) in [5, 5.41) is 8.50. The molecule has 0 fully saturated rings. The molecule has 1 N–H and O–H groups in total. The number of carboxylic acids is 1. The minimum Gasteiger partial charge on any atom is -0.481 e. The molecule has 0 radical (unpaired) electrons. The normalized spacial score (nSPS) is 9.93. The molecule has 0 spiro atoms. The number of carboxylic acid groups (broad SMARTS) is 1. The van der Waals surface area contributed by atoms with Crippen molar-refractivity contribution >= 4 is 11.7 Å². The second kappa shape index (κ2) is 4.09. The van der Waals surface area contributed by atoms with Crippen molar-refractivity contribution in [2.75, 3.05) is 19.0 Å². The average molecular weight is 197 g/mol. The molecule has 0 aromatic heterocycles. The van der Waals surface area contributed by atoms with Gasteiger partial charge >= 0.3 is 5.97 Å². The van der Waals surface area contributed by atoms with Crippen molar-refractivity contribution in [2.45, 2.75) is 6.42 Å². The summed E-state index contributed by atoms with van der Waals surface area (Å²) < 4.78 is 13.3. The van der Waals surface area contributed by atoms with E-state index in [0.717, 1.165) is 0 Å². The second-order valence-corrected chi connectivity index (χ2v) is 3.25. The molecule has 4 heteroatoms. The molecule has 0 unspecified atom stereocenters. The maximum atomic E-state index is 13.3. The Morgan fingerprint density at radius 1 is 1.50 bits per heavy atom. The summed E-state index contributed by atoms with van der Waals surface area (Å²) in [6, 6.07) is 4.45. The van der Waals surface area contributed by atoms with E-state index in [0.29, 0.717) is 11.3 Å². The Hall–Kier alpha value is -1.58. The highest BCUT2D eigenvalue weighted by Gasteiger charge is 2.07. The van der Waals surface area contributed by atoms with E-state index in [1.54, 1.807) is 31.1 Å². The van der Waals surface area contributed by atoms with E-state index < -0.39 is 11.8 Å². The van der Waals surface area contributed by atoms with E-state index in [1.165, 1.54) is 6.07 Å². The number of hydrogen-bond donors (Lipinski definition) is 1. The molecule has 1 aromatic carbocycles. The molecule has 14 heavy (non-hydrogen) atoms. The van der Waals surface area contributed by atoms with Crippen molar-refractivity contribution in [1.29, 1.82) is 0 Å². The van der Waals surface area contributed by atoms with Gasteiger partial charge in [0.2, 0.25) is 0 Å². The molecular formula is C10H12FNO2. The Morgan fingerprint density at radius 2 is 2.14 bits per heavy atom. The third-order valence-corrected chi connectivity index (χ3v) is 1.85. The molecule has 0 aliphatic rings. The minimum absolute atomic E-state index is 0.148. The SMILES string of the molecule is CN(C)c1ccc(CC(=O)O)cc1F. The Labute approximate surface area is 81.8 Å². The molecule has 1 rings (SSSR count). The molecule has 1 aromatic rings. The van der Waals surface area contributed by atoms with Gasteiger partial charge in [0.15, 0.2) is 0 Å². The lowest BCUT2D eigenvalue weighted by Gasteiger charge is -2.13. The Bertz CT molecular complexity index is 350. The van der Waals surface area contributed by atoms with Crippen molar-refractivity contribution in [2.24, 2.45) is 0 Å². The molecule has 76 valence electrons. The van der Waals surface area contributed by atoms with Crippen molar-refractivity contribution < 1.29 is 14.3 Å². The maximum Gasteiger partial charge on any atom is 0.307 e. The van der Waals surface area contributed by atoms with E-state index in [9.17, 15) is 9.18 Å². The smallest absolute Gasteiger partial charge is 0.307 e. The van der Waals surface area contributed by atoms with Gasteiger partial charge < -0.3 is 10.0 Å². The van der Waals surface area contributed by atoms with Gasteiger partial charge in [-0.3, -0.25) is 4.79 Å². The molecule has 3 nitrogen and oxygen atoms in total. The van der Waals surface area contributed by atoms with E-state index in [4.69, 9.17) is 5.11 Å². The van der Waals surface area contributed by atoms with Crippen LogP contribution in [0.2, 0.25) is 0 Å². The average Bonchev–Trinajstić information content (AvgIpc) is 2.01.